The molecule has 1 saturated heterocycles. The number of aliphatic hydroxyl groups excluding tert-OH is 1. The summed E-state index contributed by atoms with van der Waals surface area (Å²) in [4.78, 5) is 18.2. The molecule has 31 heavy (non-hydrogen) atoms. The average molecular weight is 423 g/mol. The van der Waals surface area contributed by atoms with E-state index in [0.29, 0.717) is 65.3 Å². The van der Waals surface area contributed by atoms with Gasteiger partial charge in [-0.15, -0.1) is 0 Å². The zero-order valence-corrected chi connectivity index (χ0v) is 16.9. The maximum absolute atomic E-state index is 15.0. The van der Waals surface area contributed by atoms with Crippen molar-refractivity contribution < 1.29 is 14.0 Å². The summed E-state index contributed by atoms with van der Waals surface area (Å²) in [7, 11) is 0. The number of aliphatic hydroxyl groups is 1. The lowest BCUT2D eigenvalue weighted by Crippen LogP contribution is -2.47. The number of anilines is 1. The molecule has 0 radical (unpaired) electrons. The number of hydrogen-bond donors (Lipinski definition) is 1. The monoisotopic (exact) mass is 423 g/mol. The Bertz CT molecular complexity index is 1260. The topological polar surface area (TPSA) is 95.8 Å². The maximum atomic E-state index is 15.0. The van der Waals surface area contributed by atoms with Crippen molar-refractivity contribution in [1.29, 1.82) is 0 Å². The predicted octanol–water partition coefficient (Wildman–Crippen LogP) is 2.06. The van der Waals surface area contributed by atoms with Crippen LogP contribution in [0.5, 0.6) is 0 Å². The van der Waals surface area contributed by atoms with Crippen molar-refractivity contribution in [3.8, 4) is 11.5 Å². The Morgan fingerprint density at radius 2 is 1.97 bits per heavy atom. The molecule has 4 heterocycles. The Kier molecular flexibility index (Phi) is 4.35. The van der Waals surface area contributed by atoms with Crippen molar-refractivity contribution in [3.63, 3.8) is 0 Å². The van der Waals surface area contributed by atoms with Gasteiger partial charge in [-0.3, -0.25) is 9.30 Å². The first kappa shape index (κ1) is 18.6. The molecule has 0 unspecified atom stereocenters. The van der Waals surface area contributed by atoms with Crippen molar-refractivity contribution in [2.24, 2.45) is 0 Å². The molecule has 0 spiro atoms. The van der Waals surface area contributed by atoms with Crippen molar-refractivity contribution in [3.05, 3.63) is 36.2 Å². The first-order valence-corrected chi connectivity index (χ1v) is 10.6. The zero-order chi connectivity index (χ0) is 20.9. The summed E-state index contributed by atoms with van der Waals surface area (Å²) in [5, 5.41) is 13.8. The molecule has 4 aromatic rings. The van der Waals surface area contributed by atoms with Crippen LogP contribution in [-0.4, -0.2) is 73.8 Å². The highest BCUT2D eigenvalue weighted by Crippen LogP contribution is 2.40. The number of halogens is 1. The number of β-amino-alcohol motifs (C(OH)–C–C–N with tert-alkyl or cyclic N) is 1. The third kappa shape index (κ3) is 3.14. The minimum absolute atomic E-state index is 0.133. The lowest BCUT2D eigenvalue weighted by atomic mass is 10.2. The van der Waals surface area contributed by atoms with E-state index in [9.17, 15) is 9.50 Å². The third-order valence-corrected chi connectivity index (χ3v) is 6.10. The summed E-state index contributed by atoms with van der Waals surface area (Å²) < 4.78 is 22.2. The van der Waals surface area contributed by atoms with E-state index in [0.717, 1.165) is 25.9 Å². The number of fused-ring (bicyclic) bond motifs is 3. The van der Waals surface area contributed by atoms with Crippen LogP contribution in [0.25, 0.3) is 28.1 Å². The van der Waals surface area contributed by atoms with Gasteiger partial charge in [0.2, 0.25) is 11.7 Å². The van der Waals surface area contributed by atoms with Gasteiger partial charge < -0.3 is 14.5 Å². The van der Waals surface area contributed by atoms with Crippen LogP contribution in [0.3, 0.4) is 0 Å². The molecule has 3 aromatic heterocycles. The van der Waals surface area contributed by atoms with Gasteiger partial charge in [-0.25, -0.2) is 14.4 Å². The highest BCUT2D eigenvalue weighted by atomic mass is 19.1. The van der Waals surface area contributed by atoms with Gasteiger partial charge in [0.1, 0.15) is 18.0 Å². The number of aromatic nitrogens is 5. The Labute approximate surface area is 177 Å². The lowest BCUT2D eigenvalue weighted by Gasteiger charge is -2.35. The molecule has 1 aromatic carbocycles. The summed E-state index contributed by atoms with van der Waals surface area (Å²) in [5.41, 5.74) is 1.80. The number of benzene rings is 1. The molecule has 10 heteroatoms. The fourth-order valence-corrected chi connectivity index (χ4v) is 4.25. The highest BCUT2D eigenvalue weighted by molar-refractivity contribution is 5.94. The molecular formula is C21H22FN7O2. The summed E-state index contributed by atoms with van der Waals surface area (Å²) >= 11 is 0. The first-order chi connectivity index (χ1) is 15.2. The van der Waals surface area contributed by atoms with E-state index in [1.54, 1.807) is 16.8 Å². The van der Waals surface area contributed by atoms with Crippen LogP contribution in [0.4, 0.5) is 10.2 Å². The van der Waals surface area contributed by atoms with Crippen molar-refractivity contribution >= 4 is 22.4 Å². The van der Waals surface area contributed by atoms with Gasteiger partial charge in [0.15, 0.2) is 11.3 Å². The molecule has 1 aliphatic carbocycles. The molecule has 1 aliphatic heterocycles. The molecular weight excluding hydrogens is 401 g/mol. The number of hydrogen-bond acceptors (Lipinski definition) is 8. The number of rotatable bonds is 5. The molecule has 6 rings (SSSR count). The minimum Gasteiger partial charge on any atom is -0.395 e. The summed E-state index contributed by atoms with van der Waals surface area (Å²) in [5.74, 6) is 1.68. The van der Waals surface area contributed by atoms with E-state index in [2.05, 4.69) is 24.9 Å². The summed E-state index contributed by atoms with van der Waals surface area (Å²) in [6, 6.07) is 5.02. The van der Waals surface area contributed by atoms with Crippen LogP contribution in [0.1, 0.15) is 24.7 Å². The Morgan fingerprint density at radius 1 is 1.13 bits per heavy atom. The number of nitrogens with zero attached hydrogens (tertiary/aromatic N) is 7. The molecule has 1 saturated carbocycles. The largest absolute Gasteiger partial charge is 0.395 e. The van der Waals surface area contributed by atoms with Gasteiger partial charge in [-0.05, 0) is 25.0 Å². The first-order valence-electron chi connectivity index (χ1n) is 10.6. The molecule has 2 fully saturated rings. The lowest BCUT2D eigenvalue weighted by molar-refractivity contribution is 0.188. The second kappa shape index (κ2) is 7.24. The molecule has 2 aliphatic rings. The fourth-order valence-electron chi connectivity index (χ4n) is 4.25. The van der Waals surface area contributed by atoms with Gasteiger partial charge in [0, 0.05) is 38.6 Å². The number of imidazole rings is 1. The van der Waals surface area contributed by atoms with Crippen LogP contribution in [0.2, 0.25) is 0 Å². The van der Waals surface area contributed by atoms with Crippen molar-refractivity contribution in [1.82, 2.24) is 29.4 Å². The quantitative estimate of drug-likeness (QED) is 0.521. The molecule has 9 nitrogen and oxygen atoms in total. The van der Waals surface area contributed by atoms with Crippen LogP contribution in [0, 0.1) is 5.82 Å². The van der Waals surface area contributed by atoms with E-state index in [1.165, 1.54) is 6.07 Å². The molecule has 160 valence electrons. The van der Waals surface area contributed by atoms with E-state index in [1.807, 2.05) is 6.07 Å². The van der Waals surface area contributed by atoms with E-state index >= 15 is 0 Å². The molecule has 0 atom stereocenters. The fraction of sp³-hybridized carbons (Fsp3) is 0.429. The summed E-state index contributed by atoms with van der Waals surface area (Å²) in [6.45, 7) is 3.74. The van der Waals surface area contributed by atoms with E-state index < -0.39 is 0 Å². The van der Waals surface area contributed by atoms with Gasteiger partial charge in [0.05, 0.1) is 17.5 Å². The smallest absolute Gasteiger partial charge is 0.230 e. The normalized spacial score (nSPS) is 17.8. The highest BCUT2D eigenvalue weighted by Gasteiger charge is 2.31. The van der Waals surface area contributed by atoms with Crippen LogP contribution in [-0.2, 0) is 0 Å². The van der Waals surface area contributed by atoms with Gasteiger partial charge in [0.25, 0.3) is 0 Å². The Morgan fingerprint density at radius 3 is 2.74 bits per heavy atom. The maximum Gasteiger partial charge on any atom is 0.230 e. The third-order valence-electron chi connectivity index (χ3n) is 6.10. The zero-order valence-electron chi connectivity index (χ0n) is 16.9. The van der Waals surface area contributed by atoms with Crippen LogP contribution >= 0.6 is 0 Å². The summed E-state index contributed by atoms with van der Waals surface area (Å²) in [6.07, 6.45) is 3.77. The minimum atomic E-state index is -0.314. The van der Waals surface area contributed by atoms with Gasteiger partial charge in [-0.2, -0.15) is 4.98 Å². The second-order valence-electron chi connectivity index (χ2n) is 8.14. The van der Waals surface area contributed by atoms with Gasteiger partial charge >= 0.3 is 0 Å². The second-order valence-corrected chi connectivity index (χ2v) is 8.14. The Balaban J connectivity index is 1.48. The van der Waals surface area contributed by atoms with Crippen LogP contribution < -0.4 is 4.90 Å². The predicted molar refractivity (Wildman–Crippen MR) is 111 cm³/mol. The SMILES string of the molecule is OCCN1CCN(c2nc3c(-c4noc(C5CC5)n4)ncn3c3cccc(F)c23)CC1. The standard InChI is InChI=1S/C21H22FN7O2/c22-14-2-1-3-15-16(14)19(28-8-6-27(7-9-28)10-11-30)25-20-17(23-12-29(15)20)18-24-21(31-26-18)13-4-5-13/h1-3,12-13,30H,4-11H2. The molecule has 0 amide bonds. The average Bonchev–Trinajstić information content (AvgIpc) is 3.36. The van der Waals surface area contributed by atoms with Crippen LogP contribution in [0.15, 0.2) is 29.0 Å². The molecule has 0 bridgehead atoms. The van der Waals surface area contributed by atoms with Crippen molar-refractivity contribution in [2.45, 2.75) is 18.8 Å². The number of piperazine rings is 1. The van der Waals surface area contributed by atoms with Crippen molar-refractivity contribution in [2.75, 3.05) is 44.2 Å². The van der Waals surface area contributed by atoms with E-state index in [4.69, 9.17) is 9.51 Å². The van der Waals surface area contributed by atoms with Gasteiger partial charge in [-0.1, -0.05) is 11.2 Å². The van der Waals surface area contributed by atoms with E-state index in [-0.39, 0.29) is 12.4 Å². The Hall–Kier alpha value is -3.11. The molecule has 1 N–H and O–H groups in total.